The number of hydrogen-bond acceptors (Lipinski definition) is 3. The molecule has 0 unspecified atom stereocenters. The maximum absolute atomic E-state index is 12.9. The zero-order valence-corrected chi connectivity index (χ0v) is 14.2. The molecule has 0 bridgehead atoms. The lowest BCUT2D eigenvalue weighted by Crippen LogP contribution is -2.42. The van der Waals surface area contributed by atoms with Gasteiger partial charge >= 0.3 is 0 Å². The molecule has 1 fully saturated rings. The molecule has 2 aromatic carbocycles. The molecule has 25 heavy (non-hydrogen) atoms. The number of hydrogen-bond donors (Lipinski definition) is 1. The van der Waals surface area contributed by atoms with E-state index in [1.165, 1.54) is 24.3 Å². The molecule has 3 nitrogen and oxygen atoms in total. The molecule has 130 valence electrons. The lowest BCUT2D eigenvalue weighted by molar-refractivity contribution is -0.0260. The largest absolute Gasteiger partial charge is 0.385 e. The summed E-state index contributed by atoms with van der Waals surface area (Å²) in [5, 5.41) is 10.8. The van der Waals surface area contributed by atoms with Crippen molar-refractivity contribution in [2.24, 2.45) is 0 Å². The minimum atomic E-state index is -0.786. The third kappa shape index (κ3) is 4.45. The van der Waals surface area contributed by atoms with Crippen LogP contribution in [0, 0.1) is 17.9 Å². The van der Waals surface area contributed by atoms with E-state index in [0.29, 0.717) is 24.8 Å². The summed E-state index contributed by atoms with van der Waals surface area (Å²) in [5.41, 5.74) is 0.676. The highest BCUT2D eigenvalue weighted by molar-refractivity contribution is 5.95. The molecule has 3 rings (SSSR count). The Morgan fingerprint density at radius 1 is 1.16 bits per heavy atom. The van der Waals surface area contributed by atoms with Gasteiger partial charge in [0, 0.05) is 25.1 Å². The molecule has 1 aliphatic heterocycles. The molecule has 0 saturated carbocycles. The van der Waals surface area contributed by atoms with Gasteiger partial charge in [0.25, 0.3) is 0 Å². The van der Waals surface area contributed by atoms with Gasteiger partial charge in [-0.25, -0.2) is 4.39 Å². The summed E-state index contributed by atoms with van der Waals surface area (Å²) in [5.74, 6) is -0.282. The molecule has 2 aromatic rings. The highest BCUT2D eigenvalue weighted by atomic mass is 19.1. The van der Waals surface area contributed by atoms with E-state index in [4.69, 9.17) is 0 Å². The van der Waals surface area contributed by atoms with Crippen LogP contribution in [-0.2, 0) is 5.60 Å². The Morgan fingerprint density at radius 3 is 2.52 bits per heavy atom. The first-order chi connectivity index (χ1) is 12.1. The van der Waals surface area contributed by atoms with Gasteiger partial charge in [-0.15, -0.1) is 0 Å². The van der Waals surface area contributed by atoms with Crippen LogP contribution in [0.2, 0.25) is 0 Å². The summed E-state index contributed by atoms with van der Waals surface area (Å²) in [6.07, 6.45) is 2.58. The maximum atomic E-state index is 12.9. The molecule has 0 atom stereocenters. The Bertz CT molecular complexity index is 692. The second kappa shape index (κ2) is 7.77. The highest BCUT2D eigenvalue weighted by Crippen LogP contribution is 2.32. The third-order valence-corrected chi connectivity index (χ3v) is 4.92. The molecule has 0 amide bonds. The average molecular weight is 339 g/mol. The quantitative estimate of drug-likeness (QED) is 0.821. The number of likely N-dealkylation sites (tertiary alicyclic amines) is 1. The van der Waals surface area contributed by atoms with E-state index in [1.807, 2.05) is 6.07 Å². The normalized spacial score (nSPS) is 17.0. The van der Waals surface area contributed by atoms with Gasteiger partial charge in [-0.2, -0.15) is 0 Å². The summed E-state index contributed by atoms with van der Waals surface area (Å²) < 4.78 is 12.9. The minimum absolute atomic E-state index is 0.0459. The molecule has 4 heteroatoms. The summed E-state index contributed by atoms with van der Waals surface area (Å²) in [4.78, 5) is 14.4. The third-order valence-electron chi connectivity index (χ3n) is 4.92. The van der Waals surface area contributed by atoms with Crippen molar-refractivity contribution in [1.29, 1.82) is 0 Å². The molecule has 1 aliphatic rings. The number of halogens is 1. The van der Waals surface area contributed by atoms with Crippen molar-refractivity contribution in [3.05, 3.63) is 71.5 Å². The molecule has 0 aromatic heterocycles. The summed E-state index contributed by atoms with van der Waals surface area (Å²) in [6.45, 7) is 2.44. The van der Waals surface area contributed by atoms with Crippen LogP contribution in [-0.4, -0.2) is 35.4 Å². The van der Waals surface area contributed by atoms with Crippen molar-refractivity contribution in [2.75, 3.05) is 19.6 Å². The van der Waals surface area contributed by atoms with Gasteiger partial charge in [-0.1, -0.05) is 12.1 Å². The van der Waals surface area contributed by atoms with Crippen molar-refractivity contribution in [3.8, 4) is 0 Å². The van der Waals surface area contributed by atoms with E-state index in [0.717, 1.165) is 31.6 Å². The van der Waals surface area contributed by atoms with Crippen LogP contribution >= 0.6 is 0 Å². The Kier molecular flexibility index (Phi) is 5.47. The number of ketones is 1. The van der Waals surface area contributed by atoms with Crippen LogP contribution in [0.1, 0.15) is 41.6 Å². The van der Waals surface area contributed by atoms with E-state index in [9.17, 15) is 14.3 Å². The number of rotatable bonds is 6. The Balaban J connectivity index is 1.44. The predicted molar refractivity (Wildman–Crippen MR) is 93.6 cm³/mol. The minimum Gasteiger partial charge on any atom is -0.385 e. The maximum Gasteiger partial charge on any atom is 0.162 e. The topological polar surface area (TPSA) is 40.5 Å². The van der Waals surface area contributed by atoms with Crippen LogP contribution in [0.25, 0.3) is 0 Å². The van der Waals surface area contributed by atoms with Crippen molar-refractivity contribution in [2.45, 2.75) is 31.3 Å². The Labute approximate surface area is 148 Å². The first-order valence-corrected chi connectivity index (χ1v) is 8.69. The fourth-order valence-corrected chi connectivity index (χ4v) is 3.32. The molecular weight excluding hydrogens is 317 g/mol. The second-order valence-electron chi connectivity index (χ2n) is 6.63. The van der Waals surface area contributed by atoms with Gasteiger partial charge < -0.3 is 10.0 Å². The number of Topliss-reactive ketones (excluding diaryl/α,β-unsaturated/α-hetero) is 1. The van der Waals surface area contributed by atoms with Gasteiger partial charge in [0.1, 0.15) is 5.82 Å². The molecular formula is C21H22FNO2. The van der Waals surface area contributed by atoms with Gasteiger partial charge in [0.2, 0.25) is 0 Å². The number of piperidine rings is 1. The highest BCUT2D eigenvalue weighted by Gasteiger charge is 2.33. The van der Waals surface area contributed by atoms with Crippen LogP contribution < -0.4 is 0 Å². The van der Waals surface area contributed by atoms with Gasteiger partial charge in [-0.05, 0) is 73.8 Å². The molecule has 1 saturated heterocycles. The predicted octanol–water partition coefficient (Wildman–Crippen LogP) is 3.37. The summed E-state index contributed by atoms with van der Waals surface area (Å²) >= 11 is 0. The number of carbonyl (C=O) groups is 1. The number of carbonyl (C=O) groups excluding carboxylic acids is 1. The van der Waals surface area contributed by atoms with Crippen LogP contribution in [0.5, 0.6) is 0 Å². The average Bonchev–Trinajstić information content (AvgIpc) is 2.65. The summed E-state index contributed by atoms with van der Waals surface area (Å²) in [7, 11) is 0. The monoisotopic (exact) mass is 339 g/mol. The lowest BCUT2D eigenvalue weighted by atomic mass is 9.85. The fraction of sp³-hybridized carbons (Fsp3) is 0.381. The lowest BCUT2D eigenvalue weighted by Gasteiger charge is -2.38. The van der Waals surface area contributed by atoms with Gasteiger partial charge in [0.05, 0.1) is 5.60 Å². The van der Waals surface area contributed by atoms with Crippen molar-refractivity contribution in [1.82, 2.24) is 4.90 Å². The SMILES string of the molecule is O=C(CCCN1CCC(O)(c2cc#ccc2)CC1)c1ccc(F)cc1. The van der Waals surface area contributed by atoms with E-state index in [-0.39, 0.29) is 11.6 Å². The van der Waals surface area contributed by atoms with E-state index in [2.05, 4.69) is 17.0 Å². The molecule has 1 N–H and O–H groups in total. The Morgan fingerprint density at radius 2 is 1.88 bits per heavy atom. The van der Waals surface area contributed by atoms with E-state index in [1.54, 1.807) is 12.1 Å². The van der Waals surface area contributed by atoms with E-state index < -0.39 is 5.60 Å². The van der Waals surface area contributed by atoms with Crippen molar-refractivity contribution in [3.63, 3.8) is 0 Å². The fourth-order valence-electron chi connectivity index (χ4n) is 3.32. The van der Waals surface area contributed by atoms with E-state index >= 15 is 0 Å². The van der Waals surface area contributed by atoms with Crippen LogP contribution in [0.3, 0.4) is 0 Å². The second-order valence-corrected chi connectivity index (χ2v) is 6.63. The first-order valence-electron chi connectivity index (χ1n) is 8.69. The molecule has 0 aliphatic carbocycles. The van der Waals surface area contributed by atoms with Crippen LogP contribution in [0.15, 0.2) is 42.5 Å². The van der Waals surface area contributed by atoms with Crippen molar-refractivity contribution < 1.29 is 14.3 Å². The van der Waals surface area contributed by atoms with Crippen LogP contribution in [0.4, 0.5) is 4.39 Å². The number of benzene rings is 1. The molecule has 0 radical (unpaired) electrons. The smallest absolute Gasteiger partial charge is 0.162 e. The standard InChI is InChI=1S/C21H22FNO2/c22-19-10-8-17(9-11-19)20(24)7-4-14-23-15-12-21(25,13-16-23)18-5-2-1-3-6-18/h2,5-6,8-11,25H,4,7,12-16H2. The van der Waals surface area contributed by atoms with Gasteiger partial charge in [0.15, 0.2) is 5.78 Å². The molecule has 1 heterocycles. The number of aliphatic hydroxyl groups is 1. The number of nitrogens with zero attached hydrogens (tertiary/aromatic N) is 1. The summed E-state index contributed by atoms with van der Waals surface area (Å²) in [6, 6.07) is 16.9. The van der Waals surface area contributed by atoms with Gasteiger partial charge in [-0.3, -0.25) is 4.79 Å². The Hall–Kier alpha value is -2.22. The zero-order chi connectivity index (χ0) is 17.7. The zero-order valence-electron chi connectivity index (χ0n) is 14.2. The first kappa shape index (κ1) is 17.6. The molecule has 0 spiro atoms. The van der Waals surface area contributed by atoms with Crippen molar-refractivity contribution >= 4 is 5.78 Å².